The van der Waals surface area contributed by atoms with E-state index in [0.29, 0.717) is 5.56 Å². The Labute approximate surface area is 82.5 Å². The minimum atomic E-state index is -0.910. The van der Waals surface area contributed by atoms with Crippen molar-refractivity contribution in [3.8, 4) is 0 Å². The summed E-state index contributed by atoms with van der Waals surface area (Å²) in [6, 6.07) is 6.88. The quantitative estimate of drug-likeness (QED) is 0.804. The van der Waals surface area contributed by atoms with E-state index in [4.69, 9.17) is 5.11 Å². The normalized spacial score (nSPS) is 10.5. The molecular formula is C9H6BrNO2. The van der Waals surface area contributed by atoms with Gasteiger partial charge in [-0.25, -0.2) is 4.79 Å². The van der Waals surface area contributed by atoms with Gasteiger partial charge in [0.1, 0.15) is 0 Å². The van der Waals surface area contributed by atoms with Crippen molar-refractivity contribution in [2.75, 3.05) is 0 Å². The summed E-state index contributed by atoms with van der Waals surface area (Å²) in [7, 11) is 0. The predicted molar refractivity (Wildman–Crippen MR) is 53.0 cm³/mol. The number of halogens is 1. The summed E-state index contributed by atoms with van der Waals surface area (Å²) in [5.74, 6) is -0.910. The lowest BCUT2D eigenvalue weighted by molar-refractivity contribution is 0.0697. The van der Waals surface area contributed by atoms with Crippen molar-refractivity contribution in [3.05, 3.63) is 34.4 Å². The van der Waals surface area contributed by atoms with Gasteiger partial charge < -0.3 is 10.1 Å². The molecule has 0 aliphatic rings. The number of aromatic amines is 1. The highest BCUT2D eigenvalue weighted by atomic mass is 79.9. The average molecular weight is 240 g/mol. The summed E-state index contributed by atoms with van der Waals surface area (Å²) in [5, 5.41) is 9.72. The van der Waals surface area contributed by atoms with Crippen LogP contribution in [-0.2, 0) is 0 Å². The van der Waals surface area contributed by atoms with Gasteiger partial charge in [0.15, 0.2) is 0 Å². The standard InChI is InChI=1S/C9H6BrNO2/c10-8-4-5-1-2-6(9(12)13)3-7(5)11-8/h1-4,11H,(H,12,13). The second-order valence-electron chi connectivity index (χ2n) is 2.72. The van der Waals surface area contributed by atoms with Crippen LogP contribution in [0.2, 0.25) is 0 Å². The van der Waals surface area contributed by atoms with E-state index in [2.05, 4.69) is 20.9 Å². The van der Waals surface area contributed by atoms with Crippen LogP contribution in [0.3, 0.4) is 0 Å². The number of aromatic nitrogens is 1. The monoisotopic (exact) mass is 239 g/mol. The summed E-state index contributed by atoms with van der Waals surface area (Å²) in [6.07, 6.45) is 0. The van der Waals surface area contributed by atoms with Crippen molar-refractivity contribution >= 4 is 32.8 Å². The first-order chi connectivity index (χ1) is 6.16. The molecule has 0 fully saturated rings. The number of fused-ring (bicyclic) bond motifs is 1. The number of carbonyl (C=O) groups is 1. The number of aromatic carboxylic acids is 1. The Bertz CT molecular complexity index is 475. The largest absolute Gasteiger partial charge is 0.478 e. The van der Waals surface area contributed by atoms with Crippen LogP contribution in [0.15, 0.2) is 28.9 Å². The lowest BCUT2D eigenvalue weighted by atomic mass is 10.2. The first-order valence-electron chi connectivity index (χ1n) is 3.68. The van der Waals surface area contributed by atoms with E-state index < -0.39 is 5.97 Å². The molecule has 13 heavy (non-hydrogen) atoms. The van der Waals surface area contributed by atoms with Crippen molar-refractivity contribution < 1.29 is 9.90 Å². The van der Waals surface area contributed by atoms with Crippen LogP contribution in [0, 0.1) is 0 Å². The fourth-order valence-corrected chi connectivity index (χ4v) is 1.68. The van der Waals surface area contributed by atoms with Crippen molar-refractivity contribution in [3.63, 3.8) is 0 Å². The van der Waals surface area contributed by atoms with E-state index in [1.54, 1.807) is 18.2 Å². The van der Waals surface area contributed by atoms with E-state index in [1.165, 1.54) is 0 Å². The van der Waals surface area contributed by atoms with Gasteiger partial charge >= 0.3 is 5.97 Å². The molecule has 1 aromatic carbocycles. The molecule has 0 bridgehead atoms. The van der Waals surface area contributed by atoms with Crippen LogP contribution in [0.5, 0.6) is 0 Å². The van der Waals surface area contributed by atoms with Gasteiger partial charge in [-0.2, -0.15) is 0 Å². The van der Waals surface area contributed by atoms with Gasteiger partial charge in [-0.1, -0.05) is 6.07 Å². The maximum Gasteiger partial charge on any atom is 0.335 e. The van der Waals surface area contributed by atoms with Crippen molar-refractivity contribution in [2.45, 2.75) is 0 Å². The number of carboxylic acid groups (broad SMARTS) is 1. The molecule has 0 unspecified atom stereocenters. The topological polar surface area (TPSA) is 53.1 Å². The Morgan fingerprint density at radius 3 is 2.85 bits per heavy atom. The van der Waals surface area contributed by atoms with Gasteiger partial charge in [-0.3, -0.25) is 0 Å². The first-order valence-corrected chi connectivity index (χ1v) is 4.48. The summed E-state index contributed by atoms with van der Waals surface area (Å²) >= 11 is 3.28. The maximum atomic E-state index is 10.6. The molecule has 0 saturated heterocycles. The molecule has 0 aliphatic heterocycles. The molecule has 2 N–H and O–H groups in total. The number of carboxylic acids is 1. The van der Waals surface area contributed by atoms with Crippen LogP contribution in [-0.4, -0.2) is 16.1 Å². The molecule has 66 valence electrons. The highest BCUT2D eigenvalue weighted by Gasteiger charge is 2.04. The Morgan fingerprint density at radius 2 is 2.15 bits per heavy atom. The zero-order valence-corrected chi connectivity index (χ0v) is 8.13. The van der Waals surface area contributed by atoms with Gasteiger partial charge in [0, 0.05) is 10.9 Å². The molecule has 1 heterocycles. The number of nitrogens with one attached hydrogen (secondary N) is 1. The Hall–Kier alpha value is -1.29. The molecule has 0 spiro atoms. The highest BCUT2D eigenvalue weighted by molar-refractivity contribution is 9.10. The van der Waals surface area contributed by atoms with E-state index in [0.717, 1.165) is 15.5 Å². The second-order valence-corrected chi connectivity index (χ2v) is 3.58. The molecule has 0 amide bonds. The third-order valence-corrected chi connectivity index (χ3v) is 2.26. The summed E-state index contributed by atoms with van der Waals surface area (Å²) < 4.78 is 0.852. The number of benzene rings is 1. The Kier molecular flexibility index (Phi) is 1.84. The van der Waals surface area contributed by atoms with Crippen LogP contribution >= 0.6 is 15.9 Å². The Morgan fingerprint density at radius 1 is 1.38 bits per heavy atom. The number of hydrogen-bond acceptors (Lipinski definition) is 1. The molecule has 0 radical (unpaired) electrons. The number of rotatable bonds is 1. The SMILES string of the molecule is O=C(O)c1ccc2cc(Br)[nH]c2c1. The smallest absolute Gasteiger partial charge is 0.335 e. The van der Waals surface area contributed by atoms with E-state index in [9.17, 15) is 4.79 Å². The minimum Gasteiger partial charge on any atom is -0.478 e. The van der Waals surface area contributed by atoms with Crippen molar-refractivity contribution in [2.24, 2.45) is 0 Å². The molecule has 0 saturated carbocycles. The zero-order chi connectivity index (χ0) is 9.42. The Balaban J connectivity index is 2.67. The van der Waals surface area contributed by atoms with E-state index in [-0.39, 0.29) is 0 Å². The first kappa shape index (κ1) is 8.31. The van der Waals surface area contributed by atoms with Crippen LogP contribution in [0.4, 0.5) is 0 Å². The third kappa shape index (κ3) is 1.45. The molecule has 0 atom stereocenters. The lowest BCUT2D eigenvalue weighted by Gasteiger charge is -1.93. The maximum absolute atomic E-state index is 10.6. The van der Waals surface area contributed by atoms with E-state index in [1.807, 2.05) is 6.07 Å². The second kappa shape index (κ2) is 2.88. The average Bonchev–Trinajstić information content (AvgIpc) is 2.42. The van der Waals surface area contributed by atoms with Crippen molar-refractivity contribution in [1.29, 1.82) is 0 Å². The number of H-pyrrole nitrogens is 1. The predicted octanol–water partition coefficient (Wildman–Crippen LogP) is 2.63. The molecule has 2 aromatic rings. The van der Waals surface area contributed by atoms with E-state index >= 15 is 0 Å². The molecule has 3 nitrogen and oxygen atoms in total. The minimum absolute atomic E-state index is 0.293. The highest BCUT2D eigenvalue weighted by Crippen LogP contribution is 2.20. The molecule has 1 aromatic heterocycles. The fourth-order valence-electron chi connectivity index (χ4n) is 1.22. The van der Waals surface area contributed by atoms with Crippen LogP contribution in [0.1, 0.15) is 10.4 Å². The molecule has 0 aliphatic carbocycles. The third-order valence-electron chi connectivity index (χ3n) is 1.84. The molecule has 4 heteroatoms. The van der Waals surface area contributed by atoms with Gasteiger partial charge in [-0.15, -0.1) is 0 Å². The van der Waals surface area contributed by atoms with Gasteiger partial charge in [0.25, 0.3) is 0 Å². The lowest BCUT2D eigenvalue weighted by Crippen LogP contribution is -1.94. The zero-order valence-electron chi connectivity index (χ0n) is 6.54. The molecule has 2 rings (SSSR count). The molecular weight excluding hydrogens is 234 g/mol. The van der Waals surface area contributed by atoms with Crippen LogP contribution < -0.4 is 0 Å². The van der Waals surface area contributed by atoms with Gasteiger partial charge in [0.05, 0.1) is 10.2 Å². The summed E-state index contributed by atoms with van der Waals surface area (Å²) in [5.41, 5.74) is 1.12. The van der Waals surface area contributed by atoms with Gasteiger partial charge in [0.2, 0.25) is 0 Å². The summed E-state index contributed by atoms with van der Waals surface area (Å²) in [6.45, 7) is 0. The fraction of sp³-hybridized carbons (Fsp3) is 0. The van der Waals surface area contributed by atoms with Gasteiger partial charge in [-0.05, 0) is 34.1 Å². The summed E-state index contributed by atoms with van der Waals surface area (Å²) in [4.78, 5) is 13.6. The van der Waals surface area contributed by atoms with Crippen LogP contribution in [0.25, 0.3) is 10.9 Å². The van der Waals surface area contributed by atoms with Crippen molar-refractivity contribution in [1.82, 2.24) is 4.98 Å². The number of hydrogen-bond donors (Lipinski definition) is 2.